The van der Waals surface area contributed by atoms with Gasteiger partial charge in [-0.25, -0.2) is 4.39 Å². The number of halogens is 1. The zero-order valence-electron chi connectivity index (χ0n) is 11.7. The van der Waals surface area contributed by atoms with Crippen LogP contribution in [-0.2, 0) is 6.42 Å². The summed E-state index contributed by atoms with van der Waals surface area (Å²) in [5, 5.41) is 0. The van der Waals surface area contributed by atoms with Gasteiger partial charge in [-0.2, -0.15) is 0 Å². The fraction of sp³-hybridized carbons (Fsp3) is 0.167. The normalized spacial score (nSPS) is 15.9. The number of ether oxygens (including phenoxy) is 1. The topological polar surface area (TPSA) is 26.3 Å². The second-order valence-electron chi connectivity index (χ2n) is 5.04. The van der Waals surface area contributed by atoms with Crippen LogP contribution in [0.5, 0.6) is 5.75 Å². The maximum Gasteiger partial charge on any atom is 0.189 e. The smallest absolute Gasteiger partial charge is 0.189 e. The minimum absolute atomic E-state index is 0.0273. The van der Waals surface area contributed by atoms with Gasteiger partial charge in [0, 0.05) is 16.7 Å². The van der Waals surface area contributed by atoms with Crippen LogP contribution in [0.2, 0.25) is 0 Å². The van der Waals surface area contributed by atoms with E-state index in [0.717, 1.165) is 28.9 Å². The highest BCUT2D eigenvalue weighted by molar-refractivity contribution is 6.13. The molecule has 2 aromatic rings. The molecule has 0 atom stereocenters. The molecule has 0 aromatic heterocycles. The Balaban J connectivity index is 1.97. The lowest BCUT2D eigenvalue weighted by atomic mass is 9.85. The molecule has 0 unspecified atom stereocenters. The first-order valence-corrected chi connectivity index (χ1v) is 6.86. The van der Waals surface area contributed by atoms with Crippen LogP contribution in [0.15, 0.2) is 48.0 Å². The highest BCUT2D eigenvalue weighted by Crippen LogP contribution is 2.32. The van der Waals surface area contributed by atoms with Gasteiger partial charge in [0.05, 0.1) is 7.11 Å². The Morgan fingerprint density at radius 3 is 2.57 bits per heavy atom. The van der Waals surface area contributed by atoms with Crippen molar-refractivity contribution in [1.29, 1.82) is 0 Å². The quantitative estimate of drug-likeness (QED) is 0.777. The van der Waals surface area contributed by atoms with Crippen LogP contribution in [0.4, 0.5) is 4.39 Å². The predicted octanol–water partition coefficient (Wildman–Crippen LogP) is 4.05. The zero-order valence-corrected chi connectivity index (χ0v) is 11.7. The number of rotatable bonds is 2. The highest BCUT2D eigenvalue weighted by atomic mass is 19.1. The zero-order chi connectivity index (χ0) is 14.8. The van der Waals surface area contributed by atoms with Crippen molar-refractivity contribution in [3.63, 3.8) is 0 Å². The van der Waals surface area contributed by atoms with Gasteiger partial charge in [0.2, 0.25) is 0 Å². The summed E-state index contributed by atoms with van der Waals surface area (Å²) in [6.07, 6.45) is 3.28. The summed E-state index contributed by atoms with van der Waals surface area (Å²) in [5.41, 5.74) is 3.27. The predicted molar refractivity (Wildman–Crippen MR) is 80.0 cm³/mol. The molecule has 0 aliphatic heterocycles. The minimum Gasteiger partial charge on any atom is -0.496 e. The van der Waals surface area contributed by atoms with Crippen molar-refractivity contribution < 1.29 is 13.9 Å². The summed E-state index contributed by atoms with van der Waals surface area (Å²) in [5.74, 6) is 0.517. The van der Waals surface area contributed by atoms with E-state index in [1.807, 2.05) is 24.3 Å². The number of allylic oxidation sites excluding steroid dienone is 1. The number of Topliss-reactive ketones (excluding diaryl/α,β-unsaturated/α-hetero) is 1. The van der Waals surface area contributed by atoms with E-state index in [1.54, 1.807) is 19.2 Å². The average Bonchev–Trinajstić information content (AvgIpc) is 2.51. The Morgan fingerprint density at radius 2 is 1.86 bits per heavy atom. The van der Waals surface area contributed by atoms with E-state index in [2.05, 4.69) is 0 Å². The third-order valence-corrected chi connectivity index (χ3v) is 3.74. The molecule has 2 nitrogen and oxygen atoms in total. The number of methoxy groups -OCH3 is 1. The van der Waals surface area contributed by atoms with Gasteiger partial charge in [-0.05, 0) is 42.7 Å². The lowest BCUT2D eigenvalue weighted by Gasteiger charge is -2.19. The summed E-state index contributed by atoms with van der Waals surface area (Å²) >= 11 is 0. The van der Waals surface area contributed by atoms with Crippen molar-refractivity contribution in [3.8, 4) is 5.75 Å². The molecule has 0 amide bonds. The van der Waals surface area contributed by atoms with Gasteiger partial charge in [0.15, 0.2) is 5.78 Å². The van der Waals surface area contributed by atoms with Gasteiger partial charge < -0.3 is 4.74 Å². The molecule has 3 rings (SSSR count). The third-order valence-electron chi connectivity index (χ3n) is 3.74. The number of ketones is 1. The van der Waals surface area contributed by atoms with Gasteiger partial charge in [0.1, 0.15) is 11.6 Å². The summed E-state index contributed by atoms with van der Waals surface area (Å²) in [6.45, 7) is 0. The van der Waals surface area contributed by atoms with Gasteiger partial charge in [-0.1, -0.05) is 24.3 Å². The van der Waals surface area contributed by atoms with Crippen LogP contribution >= 0.6 is 0 Å². The molecule has 1 aliphatic carbocycles. The standard InChI is InChI=1S/C18H15FO2/c1-21-17-4-2-3-16-15(17)10-7-13(18(16)20)11-12-5-8-14(19)9-6-12/h2-6,8-9,11H,7,10H2,1H3/b13-11-. The van der Waals surface area contributed by atoms with Crippen molar-refractivity contribution >= 4 is 11.9 Å². The molecule has 0 bridgehead atoms. The molecule has 0 radical (unpaired) electrons. The second-order valence-corrected chi connectivity index (χ2v) is 5.04. The van der Waals surface area contributed by atoms with E-state index >= 15 is 0 Å². The lowest BCUT2D eigenvalue weighted by molar-refractivity contribution is 0.102. The van der Waals surface area contributed by atoms with Gasteiger partial charge in [0.25, 0.3) is 0 Å². The van der Waals surface area contributed by atoms with Crippen LogP contribution < -0.4 is 4.74 Å². The molecule has 0 saturated carbocycles. The molecule has 21 heavy (non-hydrogen) atoms. The first-order chi connectivity index (χ1) is 10.2. The molecule has 0 saturated heterocycles. The van der Waals surface area contributed by atoms with Crippen LogP contribution in [-0.4, -0.2) is 12.9 Å². The average molecular weight is 282 g/mol. The molecule has 0 heterocycles. The Hall–Kier alpha value is -2.42. The van der Waals surface area contributed by atoms with E-state index in [-0.39, 0.29) is 11.6 Å². The van der Waals surface area contributed by atoms with Crippen molar-refractivity contribution in [1.82, 2.24) is 0 Å². The van der Waals surface area contributed by atoms with Crippen molar-refractivity contribution in [3.05, 3.63) is 70.5 Å². The van der Waals surface area contributed by atoms with Crippen LogP contribution in [0.1, 0.15) is 27.9 Å². The molecular weight excluding hydrogens is 267 g/mol. The van der Waals surface area contributed by atoms with E-state index in [0.29, 0.717) is 12.0 Å². The molecule has 0 fully saturated rings. The van der Waals surface area contributed by atoms with Gasteiger partial charge >= 0.3 is 0 Å². The van der Waals surface area contributed by atoms with Crippen LogP contribution in [0.25, 0.3) is 6.08 Å². The van der Waals surface area contributed by atoms with Gasteiger partial charge in [-0.3, -0.25) is 4.79 Å². The summed E-state index contributed by atoms with van der Waals surface area (Å²) in [7, 11) is 1.62. The van der Waals surface area contributed by atoms with Crippen molar-refractivity contribution in [2.45, 2.75) is 12.8 Å². The molecular formula is C18H15FO2. The van der Waals surface area contributed by atoms with E-state index < -0.39 is 0 Å². The number of hydrogen-bond acceptors (Lipinski definition) is 2. The number of benzene rings is 2. The third kappa shape index (κ3) is 2.59. The monoisotopic (exact) mass is 282 g/mol. The minimum atomic E-state index is -0.276. The number of carbonyl (C=O) groups excluding carboxylic acids is 1. The fourth-order valence-corrected chi connectivity index (χ4v) is 2.67. The summed E-state index contributed by atoms with van der Waals surface area (Å²) in [4.78, 5) is 12.6. The Bertz CT molecular complexity index is 714. The molecule has 2 aromatic carbocycles. The van der Waals surface area contributed by atoms with Crippen LogP contribution in [0.3, 0.4) is 0 Å². The number of carbonyl (C=O) groups is 1. The van der Waals surface area contributed by atoms with Gasteiger partial charge in [-0.15, -0.1) is 0 Å². The Labute approximate surface area is 122 Å². The van der Waals surface area contributed by atoms with Crippen molar-refractivity contribution in [2.75, 3.05) is 7.11 Å². The fourth-order valence-electron chi connectivity index (χ4n) is 2.67. The lowest BCUT2D eigenvalue weighted by Crippen LogP contribution is -2.15. The Kier molecular flexibility index (Phi) is 3.57. The maximum absolute atomic E-state index is 12.9. The molecule has 0 spiro atoms. The van der Waals surface area contributed by atoms with E-state index in [4.69, 9.17) is 4.74 Å². The summed E-state index contributed by atoms with van der Waals surface area (Å²) < 4.78 is 18.2. The molecule has 0 N–H and O–H groups in total. The van der Waals surface area contributed by atoms with Crippen molar-refractivity contribution in [2.24, 2.45) is 0 Å². The SMILES string of the molecule is COc1cccc2c1CC/C(=C/c1ccc(F)cc1)C2=O. The van der Waals surface area contributed by atoms with Crippen LogP contribution in [0, 0.1) is 5.82 Å². The molecule has 3 heteroatoms. The highest BCUT2D eigenvalue weighted by Gasteiger charge is 2.24. The Morgan fingerprint density at radius 1 is 1.10 bits per heavy atom. The number of hydrogen-bond donors (Lipinski definition) is 0. The second kappa shape index (κ2) is 5.52. The largest absolute Gasteiger partial charge is 0.496 e. The first-order valence-electron chi connectivity index (χ1n) is 6.86. The van der Waals surface area contributed by atoms with E-state index in [9.17, 15) is 9.18 Å². The van der Waals surface area contributed by atoms with E-state index in [1.165, 1.54) is 12.1 Å². The maximum atomic E-state index is 12.9. The molecule has 106 valence electrons. The molecule has 1 aliphatic rings. The summed E-state index contributed by atoms with van der Waals surface area (Å²) in [6, 6.07) is 11.7. The first kappa shape index (κ1) is 13.6. The number of fused-ring (bicyclic) bond motifs is 1.